The van der Waals surface area contributed by atoms with Crippen molar-refractivity contribution in [2.24, 2.45) is 62.6 Å². The second-order valence-corrected chi connectivity index (χ2v) is 17.2. The molecular weight excluding hydrogens is 484 g/mol. The molecule has 0 bridgehead atoms. The van der Waals surface area contributed by atoms with Gasteiger partial charge in [0.25, 0.3) is 0 Å². The third-order valence-electron chi connectivity index (χ3n) is 15.4. The number of hydrogen-bond donors (Lipinski definition) is 4. The molecule has 0 aliphatic heterocycles. The summed E-state index contributed by atoms with van der Waals surface area (Å²) in [5.41, 5.74) is 2.27. The lowest BCUT2D eigenvalue weighted by Crippen LogP contribution is -2.65. The number of aliphatic hydroxyl groups excluding tert-OH is 4. The highest BCUT2D eigenvalue weighted by atomic mass is 16.4. The highest BCUT2D eigenvalue weighted by molar-refractivity contribution is 5.19. The molecule has 0 heterocycles. The van der Waals surface area contributed by atoms with Crippen LogP contribution >= 0.6 is 0 Å². The van der Waals surface area contributed by atoms with E-state index in [4.69, 9.17) is 5.11 Å². The molecule has 0 amide bonds. The molecule has 0 spiro atoms. The Morgan fingerprint density at radius 1 is 0.641 bits per heavy atom. The average molecular weight is 547 g/mol. The molecule has 0 radical (unpaired) electrons. The highest BCUT2D eigenvalue weighted by Crippen LogP contribution is 2.78. The number of aliphatic hydroxyl groups is 4. The van der Waals surface area contributed by atoms with Crippen LogP contribution in [0.3, 0.4) is 0 Å². The Morgan fingerprint density at radius 2 is 1.26 bits per heavy atom. The van der Waals surface area contributed by atoms with E-state index in [1.54, 1.807) is 0 Å². The molecule has 4 heteroatoms. The molecule has 0 unspecified atom stereocenters. The van der Waals surface area contributed by atoms with Crippen LogP contribution in [0.2, 0.25) is 0 Å². The van der Waals surface area contributed by atoms with Gasteiger partial charge >= 0.3 is 0 Å². The fourth-order valence-electron chi connectivity index (χ4n) is 13.2. The van der Waals surface area contributed by atoms with Crippen LogP contribution in [0.15, 0.2) is 0 Å². The van der Waals surface area contributed by atoms with Crippen molar-refractivity contribution in [2.75, 3.05) is 6.61 Å². The predicted molar refractivity (Wildman–Crippen MR) is 158 cm³/mol. The van der Waals surface area contributed by atoms with E-state index in [2.05, 4.69) is 48.5 Å². The van der Waals surface area contributed by atoms with Crippen molar-refractivity contribution >= 4 is 0 Å². The highest BCUT2D eigenvalue weighted by Gasteiger charge is 2.70. The van der Waals surface area contributed by atoms with Crippen LogP contribution in [0.4, 0.5) is 0 Å². The second-order valence-electron chi connectivity index (χ2n) is 17.2. The summed E-state index contributed by atoms with van der Waals surface area (Å²) >= 11 is 0. The van der Waals surface area contributed by atoms with E-state index in [1.165, 1.54) is 70.6 Å². The maximum atomic E-state index is 10.4. The fraction of sp³-hybridized carbons (Fsp3) is 1.00. The zero-order chi connectivity index (χ0) is 28.6. The van der Waals surface area contributed by atoms with Gasteiger partial charge in [0.1, 0.15) is 12.2 Å². The Hall–Kier alpha value is -0.160. The van der Waals surface area contributed by atoms with Crippen LogP contribution < -0.4 is 0 Å². The monoisotopic (exact) mass is 546 g/mol. The molecule has 39 heavy (non-hydrogen) atoms. The summed E-state index contributed by atoms with van der Waals surface area (Å²) in [6, 6.07) is 0. The molecule has 0 saturated heterocycles. The van der Waals surface area contributed by atoms with Crippen molar-refractivity contribution < 1.29 is 20.4 Å². The van der Waals surface area contributed by atoms with Gasteiger partial charge in [0.2, 0.25) is 0 Å². The summed E-state index contributed by atoms with van der Waals surface area (Å²) in [6.07, 6.45) is 13.2. The van der Waals surface area contributed by atoms with Crippen LogP contribution in [-0.4, -0.2) is 45.3 Å². The van der Waals surface area contributed by atoms with Crippen molar-refractivity contribution in [3.63, 3.8) is 0 Å². The SMILES string of the molecule is C[C@H](CC[C@@H](O)[C@@H](O)[C@H](O)CO)[C@H]1CC[C@]2(C)[C@H]3CC[C@@H]4[C@@]5(C)CCCC(C)(C)[C@@H]5CC[C@@]4(C)[C@]3(C)CC[C@@H]12. The van der Waals surface area contributed by atoms with Gasteiger partial charge in [0.05, 0.1) is 12.7 Å². The Kier molecular flexibility index (Phi) is 7.95. The molecule has 13 atom stereocenters. The van der Waals surface area contributed by atoms with Crippen LogP contribution in [0.25, 0.3) is 0 Å². The fourth-order valence-corrected chi connectivity index (χ4v) is 13.2. The zero-order valence-corrected chi connectivity index (χ0v) is 26.4. The minimum absolute atomic E-state index is 0.411. The van der Waals surface area contributed by atoms with Crippen molar-refractivity contribution in [1.82, 2.24) is 0 Å². The molecule has 4 nitrogen and oxygen atoms in total. The first kappa shape index (κ1) is 30.3. The van der Waals surface area contributed by atoms with E-state index in [-0.39, 0.29) is 0 Å². The topological polar surface area (TPSA) is 80.9 Å². The largest absolute Gasteiger partial charge is 0.394 e. The molecule has 4 N–H and O–H groups in total. The van der Waals surface area contributed by atoms with E-state index in [0.717, 1.165) is 30.1 Å². The summed E-state index contributed by atoms with van der Waals surface area (Å²) in [5.74, 6) is 4.50. The number of hydrogen-bond acceptors (Lipinski definition) is 4. The Bertz CT molecular complexity index is 888. The number of rotatable bonds is 7. The van der Waals surface area contributed by atoms with E-state index in [1.807, 2.05) is 0 Å². The first-order chi connectivity index (χ1) is 18.2. The minimum atomic E-state index is -1.27. The summed E-state index contributed by atoms with van der Waals surface area (Å²) in [6.45, 7) is 17.9. The summed E-state index contributed by atoms with van der Waals surface area (Å²) < 4.78 is 0. The molecule has 5 aliphatic carbocycles. The molecule has 5 aliphatic rings. The average Bonchev–Trinajstić information content (AvgIpc) is 3.23. The van der Waals surface area contributed by atoms with Gasteiger partial charge in [-0.25, -0.2) is 0 Å². The van der Waals surface area contributed by atoms with Crippen molar-refractivity contribution in [3.05, 3.63) is 0 Å². The van der Waals surface area contributed by atoms with Gasteiger partial charge in [-0.05, 0) is 140 Å². The number of fused-ring (bicyclic) bond motifs is 7. The van der Waals surface area contributed by atoms with Crippen molar-refractivity contribution in [1.29, 1.82) is 0 Å². The standard InChI is InChI=1S/C35H62O4/c1-22(9-10-25(37)30(39)26(38)21-36)23-13-18-32(4)24(23)14-19-34(6)28(32)11-12-29-33(5)17-8-16-31(2,3)27(33)15-20-35(29,34)7/h22-30,36-39H,8-21H2,1-7H3/t22-,23-,24+,25-,26-,27+,28-,29-,30-,32+,33+,34-,35-/m1/s1. The second kappa shape index (κ2) is 10.2. The molecule has 0 aromatic heterocycles. The van der Waals surface area contributed by atoms with Crippen LogP contribution in [-0.2, 0) is 0 Å². The third-order valence-corrected chi connectivity index (χ3v) is 15.4. The molecule has 5 rings (SSSR count). The van der Waals surface area contributed by atoms with Crippen LogP contribution in [0, 0.1) is 62.6 Å². The lowest BCUT2D eigenvalue weighted by Gasteiger charge is -2.73. The molecule has 5 saturated carbocycles. The van der Waals surface area contributed by atoms with Crippen molar-refractivity contribution in [3.8, 4) is 0 Å². The maximum Gasteiger partial charge on any atom is 0.108 e. The summed E-state index contributed by atoms with van der Waals surface area (Å²) in [4.78, 5) is 0. The van der Waals surface area contributed by atoms with Gasteiger partial charge in [-0.2, -0.15) is 0 Å². The molecule has 226 valence electrons. The van der Waals surface area contributed by atoms with Crippen LogP contribution in [0.5, 0.6) is 0 Å². The van der Waals surface area contributed by atoms with Gasteiger partial charge < -0.3 is 20.4 Å². The van der Waals surface area contributed by atoms with Gasteiger partial charge in [0.15, 0.2) is 0 Å². The third kappa shape index (κ3) is 4.42. The zero-order valence-electron chi connectivity index (χ0n) is 26.4. The van der Waals surface area contributed by atoms with Gasteiger partial charge in [0, 0.05) is 0 Å². The quantitative estimate of drug-likeness (QED) is 0.278. The Labute approximate surface area is 239 Å². The van der Waals surface area contributed by atoms with Crippen molar-refractivity contribution in [2.45, 2.75) is 150 Å². The molecular formula is C35H62O4. The normalized spacial score (nSPS) is 50.1. The lowest BCUT2D eigenvalue weighted by molar-refractivity contribution is -0.241. The van der Waals surface area contributed by atoms with E-state index in [0.29, 0.717) is 45.3 Å². The first-order valence-corrected chi connectivity index (χ1v) is 16.8. The smallest absolute Gasteiger partial charge is 0.108 e. The van der Waals surface area contributed by atoms with E-state index in [9.17, 15) is 15.3 Å². The maximum absolute atomic E-state index is 10.4. The van der Waals surface area contributed by atoms with E-state index >= 15 is 0 Å². The van der Waals surface area contributed by atoms with Crippen LogP contribution in [0.1, 0.15) is 132 Å². The minimum Gasteiger partial charge on any atom is -0.394 e. The summed E-state index contributed by atoms with van der Waals surface area (Å²) in [5, 5.41) is 39.5. The summed E-state index contributed by atoms with van der Waals surface area (Å²) in [7, 11) is 0. The van der Waals surface area contributed by atoms with Gasteiger partial charge in [-0.15, -0.1) is 0 Å². The van der Waals surface area contributed by atoms with E-state index < -0.39 is 24.9 Å². The predicted octanol–water partition coefficient (Wildman–Crippen LogP) is 6.97. The molecule has 0 aromatic rings. The lowest BCUT2D eigenvalue weighted by atomic mass is 9.32. The van der Waals surface area contributed by atoms with Gasteiger partial charge in [-0.3, -0.25) is 0 Å². The Morgan fingerprint density at radius 3 is 1.90 bits per heavy atom. The first-order valence-electron chi connectivity index (χ1n) is 16.8. The van der Waals surface area contributed by atoms with Gasteiger partial charge in [-0.1, -0.05) is 54.9 Å². The Balaban J connectivity index is 1.33. The molecule has 0 aromatic carbocycles. The molecule has 5 fully saturated rings.